The van der Waals surface area contributed by atoms with Gasteiger partial charge in [0.25, 0.3) is 0 Å². The van der Waals surface area contributed by atoms with E-state index < -0.39 is 0 Å². The maximum atomic E-state index is 3.62. The monoisotopic (exact) mass is 288 g/mol. The lowest BCUT2D eigenvalue weighted by Crippen LogP contribution is -2.44. The van der Waals surface area contributed by atoms with Crippen LogP contribution in [0.2, 0.25) is 0 Å². The van der Waals surface area contributed by atoms with Crippen LogP contribution in [0.3, 0.4) is 0 Å². The van der Waals surface area contributed by atoms with Gasteiger partial charge in [0.2, 0.25) is 0 Å². The fraction of sp³-hybridized carbons (Fsp3) is 0.684. The van der Waals surface area contributed by atoms with Crippen molar-refractivity contribution in [1.82, 2.24) is 5.32 Å². The molecule has 1 heterocycles. The minimum absolute atomic E-state index is 0.356. The molecule has 2 nitrogen and oxygen atoms in total. The van der Waals surface area contributed by atoms with Gasteiger partial charge in [0, 0.05) is 25.3 Å². The Labute approximate surface area is 130 Å². The van der Waals surface area contributed by atoms with E-state index in [1.165, 1.54) is 43.5 Å². The molecule has 2 rings (SSSR count). The minimum Gasteiger partial charge on any atom is -0.371 e. The third-order valence-corrected chi connectivity index (χ3v) is 4.85. The van der Waals surface area contributed by atoms with Gasteiger partial charge in [-0.1, -0.05) is 38.5 Å². The summed E-state index contributed by atoms with van der Waals surface area (Å²) in [6.45, 7) is 13.8. The average Bonchev–Trinajstić information content (AvgIpc) is 2.47. The number of fused-ring (bicyclic) bond motifs is 1. The van der Waals surface area contributed by atoms with E-state index in [4.69, 9.17) is 0 Å². The summed E-state index contributed by atoms with van der Waals surface area (Å²) in [6, 6.07) is 6.97. The molecular formula is C19H32N2. The first-order valence-corrected chi connectivity index (χ1v) is 8.63. The molecular weight excluding hydrogens is 256 g/mol. The third kappa shape index (κ3) is 4.23. The van der Waals surface area contributed by atoms with Crippen molar-refractivity contribution in [2.24, 2.45) is 5.41 Å². The number of anilines is 1. The van der Waals surface area contributed by atoms with E-state index in [0.717, 1.165) is 19.6 Å². The van der Waals surface area contributed by atoms with Gasteiger partial charge < -0.3 is 10.2 Å². The van der Waals surface area contributed by atoms with Gasteiger partial charge in [-0.3, -0.25) is 0 Å². The number of benzene rings is 1. The third-order valence-electron chi connectivity index (χ3n) is 4.85. The topological polar surface area (TPSA) is 15.3 Å². The van der Waals surface area contributed by atoms with Crippen LogP contribution in [-0.4, -0.2) is 26.2 Å². The van der Waals surface area contributed by atoms with Gasteiger partial charge in [-0.2, -0.15) is 0 Å². The van der Waals surface area contributed by atoms with Crippen LogP contribution in [0.1, 0.15) is 51.2 Å². The molecule has 1 aliphatic rings. The quantitative estimate of drug-likeness (QED) is 0.758. The van der Waals surface area contributed by atoms with Crippen molar-refractivity contribution >= 4 is 5.69 Å². The standard InChI is InChI=1S/C19H32N2/c1-5-11-20-14-19(4,6-2)15-21-12-7-8-17-13-16(3)9-10-18(17)21/h9-10,13,20H,5-8,11-12,14-15H2,1-4H3. The molecule has 0 saturated carbocycles. The molecule has 1 unspecified atom stereocenters. The van der Waals surface area contributed by atoms with Gasteiger partial charge in [-0.25, -0.2) is 0 Å². The van der Waals surface area contributed by atoms with Crippen LogP contribution in [0.25, 0.3) is 0 Å². The summed E-state index contributed by atoms with van der Waals surface area (Å²) in [5, 5.41) is 3.62. The van der Waals surface area contributed by atoms with Crippen LogP contribution in [0.4, 0.5) is 5.69 Å². The van der Waals surface area contributed by atoms with Gasteiger partial charge >= 0.3 is 0 Å². The fourth-order valence-corrected chi connectivity index (χ4v) is 3.29. The van der Waals surface area contributed by atoms with E-state index >= 15 is 0 Å². The predicted molar refractivity (Wildman–Crippen MR) is 93.3 cm³/mol. The maximum Gasteiger partial charge on any atom is 0.0399 e. The van der Waals surface area contributed by atoms with E-state index in [9.17, 15) is 0 Å². The normalized spacial score (nSPS) is 17.4. The van der Waals surface area contributed by atoms with Crippen molar-refractivity contribution < 1.29 is 0 Å². The Hall–Kier alpha value is -1.02. The smallest absolute Gasteiger partial charge is 0.0399 e. The summed E-state index contributed by atoms with van der Waals surface area (Å²) in [6.07, 6.45) is 4.97. The molecule has 1 aliphatic heterocycles. The summed E-state index contributed by atoms with van der Waals surface area (Å²) in [7, 11) is 0. The zero-order valence-electron chi connectivity index (χ0n) is 14.3. The summed E-state index contributed by atoms with van der Waals surface area (Å²) in [5.74, 6) is 0. The van der Waals surface area contributed by atoms with E-state index in [-0.39, 0.29) is 0 Å². The number of rotatable bonds is 7. The first-order chi connectivity index (χ1) is 10.1. The lowest BCUT2D eigenvalue weighted by Gasteiger charge is -2.39. The Morgan fingerprint density at radius 1 is 1.29 bits per heavy atom. The molecule has 1 N–H and O–H groups in total. The second-order valence-corrected chi connectivity index (χ2v) is 7.00. The molecule has 0 aromatic heterocycles. The molecule has 1 aromatic rings. The second kappa shape index (κ2) is 7.31. The van der Waals surface area contributed by atoms with Crippen LogP contribution in [0.5, 0.6) is 0 Å². The molecule has 0 bridgehead atoms. The second-order valence-electron chi connectivity index (χ2n) is 7.00. The lowest BCUT2D eigenvalue weighted by atomic mass is 9.85. The molecule has 0 fully saturated rings. The van der Waals surface area contributed by atoms with Crippen molar-refractivity contribution in [2.45, 2.75) is 53.4 Å². The first kappa shape index (κ1) is 16.4. The van der Waals surface area contributed by atoms with Gasteiger partial charge in [-0.15, -0.1) is 0 Å². The first-order valence-electron chi connectivity index (χ1n) is 8.63. The summed E-state index contributed by atoms with van der Waals surface area (Å²) in [4.78, 5) is 2.62. The molecule has 0 amide bonds. The van der Waals surface area contributed by atoms with Crippen LogP contribution in [0.15, 0.2) is 18.2 Å². The van der Waals surface area contributed by atoms with Crippen LogP contribution < -0.4 is 10.2 Å². The molecule has 0 saturated heterocycles. The molecule has 0 radical (unpaired) electrons. The molecule has 0 spiro atoms. The fourth-order valence-electron chi connectivity index (χ4n) is 3.29. The summed E-state index contributed by atoms with van der Waals surface area (Å²) < 4.78 is 0. The van der Waals surface area contributed by atoms with Crippen molar-refractivity contribution in [2.75, 3.05) is 31.1 Å². The van der Waals surface area contributed by atoms with Gasteiger partial charge in [-0.05, 0) is 56.2 Å². The molecule has 0 aliphatic carbocycles. The number of nitrogens with zero attached hydrogens (tertiary/aromatic N) is 1. The SMILES string of the molecule is CCCNCC(C)(CC)CN1CCCc2cc(C)ccc21. The lowest BCUT2D eigenvalue weighted by molar-refractivity contribution is 0.294. The summed E-state index contributed by atoms with van der Waals surface area (Å²) in [5.41, 5.74) is 4.76. The van der Waals surface area contributed by atoms with E-state index in [1.54, 1.807) is 5.56 Å². The molecule has 118 valence electrons. The molecule has 21 heavy (non-hydrogen) atoms. The van der Waals surface area contributed by atoms with Crippen molar-refractivity contribution in [3.63, 3.8) is 0 Å². The highest BCUT2D eigenvalue weighted by molar-refractivity contribution is 5.56. The van der Waals surface area contributed by atoms with Crippen molar-refractivity contribution in [3.05, 3.63) is 29.3 Å². The highest BCUT2D eigenvalue weighted by Crippen LogP contribution is 2.32. The highest BCUT2D eigenvalue weighted by atomic mass is 15.1. The summed E-state index contributed by atoms with van der Waals surface area (Å²) >= 11 is 0. The van der Waals surface area contributed by atoms with E-state index in [1.807, 2.05) is 0 Å². The largest absolute Gasteiger partial charge is 0.371 e. The number of nitrogens with one attached hydrogen (secondary N) is 1. The Morgan fingerprint density at radius 3 is 2.81 bits per heavy atom. The predicted octanol–water partition coefficient (Wildman–Crippen LogP) is 4.16. The minimum atomic E-state index is 0.356. The van der Waals surface area contributed by atoms with E-state index in [0.29, 0.717) is 5.41 Å². The Morgan fingerprint density at radius 2 is 2.10 bits per heavy atom. The molecule has 2 heteroatoms. The van der Waals surface area contributed by atoms with Crippen LogP contribution in [0, 0.1) is 12.3 Å². The van der Waals surface area contributed by atoms with Crippen LogP contribution in [-0.2, 0) is 6.42 Å². The van der Waals surface area contributed by atoms with Gasteiger partial charge in [0.1, 0.15) is 0 Å². The number of hydrogen-bond acceptors (Lipinski definition) is 2. The molecule has 1 aromatic carbocycles. The maximum absolute atomic E-state index is 3.62. The van der Waals surface area contributed by atoms with Crippen molar-refractivity contribution in [1.29, 1.82) is 0 Å². The average molecular weight is 288 g/mol. The highest BCUT2D eigenvalue weighted by Gasteiger charge is 2.27. The number of hydrogen-bond donors (Lipinski definition) is 1. The Bertz CT molecular complexity index is 455. The zero-order valence-corrected chi connectivity index (χ0v) is 14.3. The van der Waals surface area contributed by atoms with Crippen LogP contribution >= 0.6 is 0 Å². The molecule has 1 atom stereocenters. The zero-order chi connectivity index (χ0) is 15.3. The van der Waals surface area contributed by atoms with Gasteiger partial charge in [0.15, 0.2) is 0 Å². The number of aryl methyl sites for hydroxylation is 2. The van der Waals surface area contributed by atoms with Crippen molar-refractivity contribution in [3.8, 4) is 0 Å². The van der Waals surface area contributed by atoms with Gasteiger partial charge in [0.05, 0.1) is 0 Å². The van der Waals surface area contributed by atoms with E-state index in [2.05, 4.69) is 56.1 Å². The Kier molecular flexibility index (Phi) is 5.69. The Balaban J connectivity index is 2.08.